The molecule has 0 saturated heterocycles. The van der Waals surface area contributed by atoms with E-state index in [0.29, 0.717) is 36.7 Å². The maximum Gasteiger partial charge on any atom is 0.166 e. The molecule has 122 valence electrons. The van der Waals surface area contributed by atoms with E-state index in [9.17, 15) is 4.39 Å². The molecule has 22 heavy (non-hydrogen) atoms. The molecule has 1 aromatic rings. The normalized spacial score (nSPS) is 12.9. The number of thiocarbonyl (C=S) groups is 1. The summed E-state index contributed by atoms with van der Waals surface area (Å²) in [6, 6.07) is 6.10. The largest absolute Gasteiger partial charge is 0.362 e. The number of rotatable bonds is 7. The number of hydrogen-bond acceptors (Lipinski definition) is 1. The van der Waals surface area contributed by atoms with E-state index in [2.05, 4.69) is 36.6 Å². The van der Waals surface area contributed by atoms with Crippen molar-refractivity contribution >= 4 is 28.9 Å². The molecule has 1 atom stereocenters. The van der Waals surface area contributed by atoms with Crippen molar-refractivity contribution in [3.8, 4) is 0 Å². The molecule has 0 amide bonds. The Morgan fingerprint density at radius 1 is 1.41 bits per heavy atom. The molecule has 1 rings (SSSR count). The Hall–Kier alpha value is -1.13. The monoisotopic (exact) mass is 342 g/mol. The second-order valence-corrected chi connectivity index (χ2v) is 6.04. The zero-order chi connectivity index (χ0) is 16.5. The van der Waals surface area contributed by atoms with Gasteiger partial charge in [-0.1, -0.05) is 25.1 Å². The Morgan fingerprint density at radius 3 is 2.73 bits per heavy atom. The van der Waals surface area contributed by atoms with Crippen LogP contribution in [0.25, 0.3) is 0 Å². The molecule has 0 aliphatic rings. The molecule has 0 aliphatic heterocycles. The molecule has 0 fully saturated rings. The van der Waals surface area contributed by atoms with Crippen molar-refractivity contribution in [3.05, 3.63) is 46.8 Å². The summed E-state index contributed by atoms with van der Waals surface area (Å²) < 4.78 is 13.0. The minimum atomic E-state index is -0.0582. The van der Waals surface area contributed by atoms with Gasteiger partial charge in [-0.2, -0.15) is 0 Å². The highest BCUT2D eigenvalue weighted by Gasteiger charge is 2.17. The number of alkyl halides is 1. The topological polar surface area (TPSA) is 24.1 Å². The lowest BCUT2D eigenvalue weighted by Gasteiger charge is -2.24. The van der Waals surface area contributed by atoms with Gasteiger partial charge in [0, 0.05) is 12.4 Å². The van der Waals surface area contributed by atoms with Gasteiger partial charge < -0.3 is 10.6 Å². The zero-order valence-electron chi connectivity index (χ0n) is 13.4. The summed E-state index contributed by atoms with van der Waals surface area (Å²) in [7, 11) is 0. The van der Waals surface area contributed by atoms with E-state index < -0.39 is 0 Å². The van der Waals surface area contributed by atoms with Gasteiger partial charge in [0.05, 0.1) is 12.4 Å². The lowest BCUT2D eigenvalue weighted by Crippen LogP contribution is -2.39. The first-order valence-corrected chi connectivity index (χ1v) is 8.42. The molecular formula is C17H24ClFN2S. The van der Waals surface area contributed by atoms with Crippen molar-refractivity contribution in [1.82, 2.24) is 10.6 Å². The first-order chi connectivity index (χ1) is 10.5. The van der Waals surface area contributed by atoms with Gasteiger partial charge >= 0.3 is 0 Å². The number of hydrogen-bond donors (Lipinski definition) is 2. The highest BCUT2D eigenvalue weighted by Crippen LogP contribution is 2.27. The molecule has 0 aromatic heterocycles. The smallest absolute Gasteiger partial charge is 0.166 e. The number of nitrogens with one attached hydrogen (secondary N) is 2. The van der Waals surface area contributed by atoms with Gasteiger partial charge in [0.2, 0.25) is 0 Å². The minimum absolute atomic E-state index is 0.0582. The molecule has 0 bridgehead atoms. The molecule has 2 N–H and O–H groups in total. The van der Waals surface area contributed by atoms with E-state index >= 15 is 0 Å². The third kappa shape index (κ3) is 5.58. The van der Waals surface area contributed by atoms with Gasteiger partial charge in [-0.05, 0) is 61.2 Å². The molecule has 0 aliphatic carbocycles. The van der Waals surface area contributed by atoms with Crippen molar-refractivity contribution in [2.75, 3.05) is 12.4 Å². The van der Waals surface area contributed by atoms with Crippen LogP contribution < -0.4 is 10.6 Å². The van der Waals surface area contributed by atoms with Crippen LogP contribution in [0.15, 0.2) is 30.1 Å². The van der Waals surface area contributed by atoms with E-state index in [-0.39, 0.29) is 6.04 Å². The zero-order valence-corrected chi connectivity index (χ0v) is 15.0. The van der Waals surface area contributed by atoms with E-state index in [4.69, 9.17) is 23.8 Å². The van der Waals surface area contributed by atoms with Crippen LogP contribution in [0.2, 0.25) is 0 Å². The van der Waals surface area contributed by atoms with E-state index in [0.717, 1.165) is 11.1 Å². The third-order valence-electron chi connectivity index (χ3n) is 3.78. The van der Waals surface area contributed by atoms with Gasteiger partial charge in [0.1, 0.15) is 0 Å². The molecule has 1 aromatic carbocycles. The van der Waals surface area contributed by atoms with Crippen LogP contribution in [0.4, 0.5) is 4.39 Å². The van der Waals surface area contributed by atoms with Gasteiger partial charge in [-0.25, -0.2) is 4.39 Å². The highest BCUT2D eigenvalue weighted by molar-refractivity contribution is 7.80. The fourth-order valence-electron chi connectivity index (χ4n) is 2.29. The van der Waals surface area contributed by atoms with Crippen LogP contribution >= 0.6 is 23.8 Å². The van der Waals surface area contributed by atoms with Crippen molar-refractivity contribution in [3.63, 3.8) is 0 Å². The van der Waals surface area contributed by atoms with Crippen molar-refractivity contribution in [2.24, 2.45) is 0 Å². The predicted molar refractivity (Wildman–Crippen MR) is 97.2 cm³/mol. The maximum atomic E-state index is 13.0. The van der Waals surface area contributed by atoms with Crippen molar-refractivity contribution in [1.29, 1.82) is 0 Å². The van der Waals surface area contributed by atoms with Crippen molar-refractivity contribution < 1.29 is 4.39 Å². The highest BCUT2D eigenvalue weighted by atomic mass is 35.5. The summed E-state index contributed by atoms with van der Waals surface area (Å²) in [5.41, 5.74) is 4.32. The maximum absolute atomic E-state index is 13.0. The average Bonchev–Trinajstić information content (AvgIpc) is 2.52. The third-order valence-corrected chi connectivity index (χ3v) is 4.23. The molecule has 0 spiro atoms. The van der Waals surface area contributed by atoms with Crippen LogP contribution in [0.5, 0.6) is 0 Å². The van der Waals surface area contributed by atoms with Crippen molar-refractivity contribution in [2.45, 2.75) is 39.7 Å². The summed E-state index contributed by atoms with van der Waals surface area (Å²) in [4.78, 5) is 0. The Morgan fingerprint density at radius 2 is 2.14 bits per heavy atom. The lowest BCUT2D eigenvalue weighted by molar-refractivity contribution is 0.599. The Labute approximate surface area is 143 Å². The molecule has 5 heteroatoms. The summed E-state index contributed by atoms with van der Waals surface area (Å²) >= 11 is 11.0. The van der Waals surface area contributed by atoms with E-state index in [1.54, 1.807) is 0 Å². The predicted octanol–water partition coefficient (Wildman–Crippen LogP) is 4.70. The van der Waals surface area contributed by atoms with E-state index in [1.165, 1.54) is 11.1 Å². The van der Waals surface area contributed by atoms with Crippen LogP contribution in [-0.4, -0.2) is 17.5 Å². The fourth-order valence-corrected chi connectivity index (χ4v) is 2.63. The van der Waals surface area contributed by atoms with Crippen LogP contribution in [0.1, 0.15) is 42.5 Å². The number of aryl methyl sites for hydroxylation is 1. The second-order valence-electron chi connectivity index (χ2n) is 5.26. The van der Waals surface area contributed by atoms with Gasteiger partial charge in [0.25, 0.3) is 0 Å². The Balaban J connectivity index is 3.00. The minimum Gasteiger partial charge on any atom is -0.362 e. The molecule has 0 radical (unpaired) electrons. The van der Waals surface area contributed by atoms with Gasteiger partial charge in [-0.3, -0.25) is 0 Å². The van der Waals surface area contributed by atoms with Crippen LogP contribution in [-0.2, 0) is 0 Å². The first-order valence-electron chi connectivity index (χ1n) is 7.48. The van der Waals surface area contributed by atoms with Gasteiger partial charge in [-0.15, -0.1) is 11.6 Å². The first kappa shape index (κ1) is 18.9. The Bertz CT molecular complexity index is 531. The number of halogens is 2. The van der Waals surface area contributed by atoms with Crippen LogP contribution in [0.3, 0.4) is 0 Å². The molecule has 0 heterocycles. The van der Waals surface area contributed by atoms with Crippen LogP contribution in [0, 0.1) is 13.8 Å². The standard InChI is InChI=1S/C17H24ClFN2S/c1-4-14(11-19)10-16(21-17(22)20-9-8-18)15-7-5-6-12(2)13(15)3/h5-7,11,16H,4,8-10H2,1-3H3,(H2,20,21,22)/b14-11-. The lowest BCUT2D eigenvalue weighted by atomic mass is 9.93. The summed E-state index contributed by atoms with van der Waals surface area (Å²) in [5.74, 6) is 0.487. The molecule has 0 saturated carbocycles. The summed E-state index contributed by atoms with van der Waals surface area (Å²) in [6.45, 7) is 6.72. The second kappa shape index (κ2) is 9.80. The van der Waals surface area contributed by atoms with Gasteiger partial charge in [0.15, 0.2) is 5.11 Å². The van der Waals surface area contributed by atoms with E-state index in [1.807, 2.05) is 13.0 Å². The Kier molecular flexibility index (Phi) is 8.43. The average molecular weight is 343 g/mol. The fraction of sp³-hybridized carbons (Fsp3) is 0.471. The molecular weight excluding hydrogens is 319 g/mol. The molecule has 1 unspecified atom stereocenters. The quantitative estimate of drug-likeness (QED) is 0.554. The summed E-state index contributed by atoms with van der Waals surface area (Å²) in [6.07, 6.45) is 1.97. The SMILES string of the molecule is CC/C(=C/F)CC(NC(=S)NCCCl)c1cccc(C)c1C. The summed E-state index contributed by atoms with van der Waals surface area (Å²) in [5, 5.41) is 6.88. The molecule has 2 nitrogen and oxygen atoms in total. The number of benzene rings is 1.